The van der Waals surface area contributed by atoms with E-state index in [2.05, 4.69) is 46.4 Å². The van der Waals surface area contributed by atoms with Gasteiger partial charge in [0.1, 0.15) is 0 Å². The van der Waals surface area contributed by atoms with Crippen molar-refractivity contribution in [2.24, 2.45) is 7.05 Å². The van der Waals surface area contributed by atoms with E-state index in [9.17, 15) is 0 Å². The number of para-hydroxylation sites is 2. The van der Waals surface area contributed by atoms with E-state index in [1.165, 1.54) is 31.2 Å². The zero-order chi connectivity index (χ0) is 13.3. The topological polar surface area (TPSA) is 29.9 Å². The average molecular weight is 275 g/mol. The molecule has 0 aliphatic heterocycles. The molecule has 1 aliphatic carbocycles. The highest BCUT2D eigenvalue weighted by atomic mass is 32.2. The number of aromatic nitrogens is 2. The molecule has 0 spiro atoms. The van der Waals surface area contributed by atoms with Crippen LogP contribution in [0.4, 0.5) is 5.95 Å². The number of aryl methyl sites for hydroxylation is 1. The van der Waals surface area contributed by atoms with E-state index in [0.717, 1.165) is 18.0 Å². The van der Waals surface area contributed by atoms with Gasteiger partial charge in [0.15, 0.2) is 0 Å². The molecule has 3 nitrogen and oxygen atoms in total. The molecule has 0 saturated heterocycles. The van der Waals surface area contributed by atoms with Crippen molar-refractivity contribution < 1.29 is 0 Å². The van der Waals surface area contributed by atoms with Gasteiger partial charge < -0.3 is 9.88 Å². The van der Waals surface area contributed by atoms with Crippen LogP contribution in [0.25, 0.3) is 11.0 Å². The number of benzene rings is 1. The SMILES string of the molecule is CSC1(CNc2nc3ccccc3n2C)CCCC1. The maximum atomic E-state index is 4.68. The Bertz CT molecular complexity index is 570. The minimum atomic E-state index is 0.415. The summed E-state index contributed by atoms with van der Waals surface area (Å²) in [5.74, 6) is 0.988. The van der Waals surface area contributed by atoms with Gasteiger partial charge in [-0.25, -0.2) is 4.98 Å². The fraction of sp³-hybridized carbons (Fsp3) is 0.533. The largest absolute Gasteiger partial charge is 0.354 e. The smallest absolute Gasteiger partial charge is 0.203 e. The second kappa shape index (κ2) is 5.08. The molecule has 0 radical (unpaired) electrons. The summed E-state index contributed by atoms with van der Waals surface area (Å²) in [6.07, 6.45) is 7.62. The summed E-state index contributed by atoms with van der Waals surface area (Å²) in [6.45, 7) is 1.02. The average Bonchev–Trinajstić information content (AvgIpc) is 3.03. The lowest BCUT2D eigenvalue weighted by molar-refractivity contribution is 0.635. The minimum Gasteiger partial charge on any atom is -0.354 e. The van der Waals surface area contributed by atoms with Crippen LogP contribution in [0.5, 0.6) is 0 Å². The number of imidazole rings is 1. The summed E-state index contributed by atoms with van der Waals surface area (Å²) < 4.78 is 2.57. The predicted octanol–water partition coefficient (Wildman–Crippen LogP) is 3.66. The lowest BCUT2D eigenvalue weighted by atomic mass is 10.1. The highest BCUT2D eigenvalue weighted by Gasteiger charge is 2.33. The molecule has 0 unspecified atom stereocenters. The van der Waals surface area contributed by atoms with Gasteiger partial charge in [-0.2, -0.15) is 11.8 Å². The third kappa shape index (κ3) is 2.34. The van der Waals surface area contributed by atoms with Gasteiger partial charge in [0, 0.05) is 18.3 Å². The van der Waals surface area contributed by atoms with Crippen LogP contribution in [0, 0.1) is 0 Å². The summed E-state index contributed by atoms with van der Waals surface area (Å²) in [4.78, 5) is 4.68. The number of rotatable bonds is 4. The Labute approximate surface area is 118 Å². The quantitative estimate of drug-likeness (QED) is 0.923. The van der Waals surface area contributed by atoms with E-state index in [4.69, 9.17) is 0 Å². The Morgan fingerprint density at radius 2 is 2.05 bits per heavy atom. The predicted molar refractivity (Wildman–Crippen MR) is 83.9 cm³/mol. The fourth-order valence-corrected chi connectivity index (χ4v) is 3.93. The summed E-state index contributed by atoms with van der Waals surface area (Å²) in [6, 6.07) is 8.29. The number of thioether (sulfide) groups is 1. The Hall–Kier alpha value is -1.16. The van der Waals surface area contributed by atoms with E-state index in [0.29, 0.717) is 4.75 Å². The molecule has 1 aliphatic rings. The first-order valence-corrected chi connectivity index (χ1v) is 8.17. The van der Waals surface area contributed by atoms with E-state index < -0.39 is 0 Å². The van der Waals surface area contributed by atoms with E-state index in [-0.39, 0.29) is 0 Å². The first-order valence-electron chi connectivity index (χ1n) is 6.95. The lowest BCUT2D eigenvalue weighted by Crippen LogP contribution is -2.30. The third-order valence-electron chi connectivity index (χ3n) is 4.30. The lowest BCUT2D eigenvalue weighted by Gasteiger charge is -2.27. The molecule has 1 saturated carbocycles. The summed E-state index contributed by atoms with van der Waals surface area (Å²) in [5, 5.41) is 3.57. The van der Waals surface area contributed by atoms with Crippen molar-refractivity contribution in [3.05, 3.63) is 24.3 Å². The molecule has 1 fully saturated rings. The molecule has 0 bridgehead atoms. The molecule has 3 rings (SSSR count). The number of fused-ring (bicyclic) bond motifs is 1. The third-order valence-corrected chi connectivity index (χ3v) is 5.72. The molecule has 1 aromatic carbocycles. The van der Waals surface area contributed by atoms with Crippen LogP contribution < -0.4 is 5.32 Å². The Balaban J connectivity index is 1.80. The van der Waals surface area contributed by atoms with Crippen molar-refractivity contribution in [3.63, 3.8) is 0 Å². The van der Waals surface area contributed by atoms with Gasteiger partial charge in [0.2, 0.25) is 5.95 Å². The molecule has 0 amide bonds. The molecule has 1 N–H and O–H groups in total. The van der Waals surface area contributed by atoms with Gasteiger partial charge in [0.25, 0.3) is 0 Å². The van der Waals surface area contributed by atoms with Crippen LogP contribution in [0.1, 0.15) is 25.7 Å². The molecule has 19 heavy (non-hydrogen) atoms. The van der Waals surface area contributed by atoms with Gasteiger partial charge in [-0.1, -0.05) is 25.0 Å². The zero-order valence-corrected chi connectivity index (χ0v) is 12.5. The van der Waals surface area contributed by atoms with Crippen LogP contribution in [0.3, 0.4) is 0 Å². The summed E-state index contributed by atoms with van der Waals surface area (Å²) in [7, 11) is 2.08. The van der Waals surface area contributed by atoms with Gasteiger partial charge in [-0.05, 0) is 31.2 Å². The molecule has 1 aromatic heterocycles. The monoisotopic (exact) mass is 275 g/mol. The maximum Gasteiger partial charge on any atom is 0.203 e. The zero-order valence-electron chi connectivity index (χ0n) is 11.6. The van der Waals surface area contributed by atoms with Gasteiger partial charge in [-0.3, -0.25) is 0 Å². The Morgan fingerprint density at radius 1 is 1.32 bits per heavy atom. The van der Waals surface area contributed by atoms with Gasteiger partial charge in [0.05, 0.1) is 11.0 Å². The summed E-state index contributed by atoms with van der Waals surface area (Å²) in [5.41, 5.74) is 2.26. The number of nitrogens with one attached hydrogen (secondary N) is 1. The Kier molecular flexibility index (Phi) is 3.44. The maximum absolute atomic E-state index is 4.68. The molecular formula is C15H21N3S. The van der Waals surface area contributed by atoms with Crippen molar-refractivity contribution in [3.8, 4) is 0 Å². The molecular weight excluding hydrogens is 254 g/mol. The first kappa shape index (κ1) is 12.9. The van der Waals surface area contributed by atoms with Crippen LogP contribution in [-0.2, 0) is 7.05 Å². The van der Waals surface area contributed by atoms with Crippen molar-refractivity contribution >= 4 is 28.7 Å². The van der Waals surface area contributed by atoms with Crippen molar-refractivity contribution in [1.82, 2.24) is 9.55 Å². The van der Waals surface area contributed by atoms with Crippen LogP contribution >= 0.6 is 11.8 Å². The minimum absolute atomic E-state index is 0.415. The second-order valence-electron chi connectivity index (χ2n) is 5.43. The second-order valence-corrected chi connectivity index (χ2v) is 6.71. The van der Waals surface area contributed by atoms with Gasteiger partial charge in [-0.15, -0.1) is 0 Å². The number of hydrogen-bond donors (Lipinski definition) is 1. The van der Waals surface area contributed by atoms with Crippen molar-refractivity contribution in [2.75, 3.05) is 18.1 Å². The number of nitrogens with zero attached hydrogens (tertiary/aromatic N) is 2. The molecule has 2 aromatic rings. The van der Waals surface area contributed by atoms with Crippen LogP contribution in [0.15, 0.2) is 24.3 Å². The Morgan fingerprint density at radius 3 is 2.74 bits per heavy atom. The summed E-state index contributed by atoms with van der Waals surface area (Å²) >= 11 is 2.01. The van der Waals surface area contributed by atoms with Gasteiger partial charge >= 0.3 is 0 Å². The molecule has 4 heteroatoms. The highest BCUT2D eigenvalue weighted by Crippen LogP contribution is 2.40. The first-order chi connectivity index (χ1) is 9.24. The standard InChI is InChI=1S/C15H21N3S/c1-18-13-8-4-3-7-12(13)17-14(18)16-11-15(19-2)9-5-6-10-15/h3-4,7-8H,5-6,9-11H2,1-2H3,(H,16,17). The van der Waals surface area contributed by atoms with E-state index in [1.807, 2.05) is 17.8 Å². The van der Waals surface area contributed by atoms with Crippen molar-refractivity contribution in [1.29, 1.82) is 0 Å². The normalized spacial score (nSPS) is 18.0. The number of hydrogen-bond acceptors (Lipinski definition) is 3. The van der Waals surface area contributed by atoms with Crippen molar-refractivity contribution in [2.45, 2.75) is 30.4 Å². The number of anilines is 1. The molecule has 1 heterocycles. The molecule has 0 atom stereocenters. The van der Waals surface area contributed by atoms with Crippen LogP contribution in [-0.4, -0.2) is 27.1 Å². The fourth-order valence-electron chi connectivity index (χ4n) is 3.02. The highest BCUT2D eigenvalue weighted by molar-refractivity contribution is 8.00. The van der Waals surface area contributed by atoms with E-state index >= 15 is 0 Å². The van der Waals surface area contributed by atoms with E-state index in [1.54, 1.807) is 0 Å². The molecule has 102 valence electrons. The van der Waals surface area contributed by atoms with Crippen LogP contribution in [0.2, 0.25) is 0 Å².